The van der Waals surface area contributed by atoms with Crippen LogP contribution in [0, 0.1) is 0 Å². The molecule has 1 N–H and O–H groups in total. The minimum Gasteiger partial charge on any atom is -0.330 e. The zero-order chi connectivity index (χ0) is 16.4. The molecular weight excluding hydrogens is 321 g/mol. The van der Waals surface area contributed by atoms with Crippen molar-refractivity contribution in [3.05, 3.63) is 60.4 Å². The molecule has 23 heavy (non-hydrogen) atoms. The molecule has 2 aromatic carbocycles. The van der Waals surface area contributed by atoms with E-state index >= 15 is 0 Å². The molecule has 0 fully saturated rings. The summed E-state index contributed by atoms with van der Waals surface area (Å²) in [7, 11) is 0. The van der Waals surface area contributed by atoms with Crippen LogP contribution in [0.1, 0.15) is 5.56 Å². The molecule has 0 radical (unpaired) electrons. The maximum absolute atomic E-state index is 13.5. The van der Waals surface area contributed by atoms with Crippen molar-refractivity contribution < 1.29 is 13.2 Å². The standard InChI is InChI=1S/C17H13F3N2S/c1-23-22-12-6-7-14(16(8-12)17(18,19)20)15-10-21-9-11-4-2-3-5-13(11)15/h2-10,22H,1H3. The molecule has 3 rings (SSSR count). The van der Waals surface area contributed by atoms with E-state index in [9.17, 15) is 13.2 Å². The molecule has 0 bridgehead atoms. The Hall–Kier alpha value is -2.21. The Bertz CT molecular complexity index is 841. The highest BCUT2D eigenvalue weighted by atomic mass is 32.2. The summed E-state index contributed by atoms with van der Waals surface area (Å²) >= 11 is 1.25. The molecule has 0 saturated heterocycles. The van der Waals surface area contributed by atoms with Gasteiger partial charge in [-0.1, -0.05) is 42.3 Å². The summed E-state index contributed by atoms with van der Waals surface area (Å²) in [5, 5.41) is 1.56. The van der Waals surface area contributed by atoms with E-state index in [1.165, 1.54) is 24.2 Å². The Labute approximate surface area is 135 Å². The molecule has 0 aliphatic rings. The second-order valence-corrected chi connectivity index (χ2v) is 5.58. The van der Waals surface area contributed by atoms with Gasteiger partial charge < -0.3 is 4.72 Å². The number of halogens is 3. The average Bonchev–Trinajstić information content (AvgIpc) is 2.54. The predicted molar refractivity (Wildman–Crippen MR) is 89.3 cm³/mol. The highest BCUT2D eigenvalue weighted by Crippen LogP contribution is 2.40. The number of hydrogen-bond donors (Lipinski definition) is 1. The molecule has 3 aromatic rings. The molecule has 2 nitrogen and oxygen atoms in total. The minimum atomic E-state index is -4.44. The number of aromatic nitrogens is 1. The van der Waals surface area contributed by atoms with Gasteiger partial charge in [0.2, 0.25) is 0 Å². The lowest BCUT2D eigenvalue weighted by Crippen LogP contribution is -2.08. The highest BCUT2D eigenvalue weighted by molar-refractivity contribution is 7.99. The largest absolute Gasteiger partial charge is 0.417 e. The fraction of sp³-hybridized carbons (Fsp3) is 0.118. The van der Waals surface area contributed by atoms with E-state index < -0.39 is 11.7 Å². The Balaban J connectivity index is 2.26. The van der Waals surface area contributed by atoms with Crippen molar-refractivity contribution >= 4 is 28.4 Å². The van der Waals surface area contributed by atoms with E-state index in [2.05, 4.69) is 9.71 Å². The Morgan fingerprint density at radius 1 is 1.00 bits per heavy atom. The third-order valence-corrected chi connectivity index (χ3v) is 3.94. The van der Waals surface area contributed by atoms with Gasteiger partial charge in [0.25, 0.3) is 0 Å². The summed E-state index contributed by atoms with van der Waals surface area (Å²) < 4.78 is 43.3. The Morgan fingerprint density at radius 2 is 1.78 bits per heavy atom. The number of fused-ring (bicyclic) bond motifs is 1. The first-order valence-corrected chi connectivity index (χ1v) is 8.06. The molecule has 0 saturated carbocycles. The minimum absolute atomic E-state index is 0.133. The number of pyridine rings is 1. The monoisotopic (exact) mass is 334 g/mol. The van der Waals surface area contributed by atoms with Crippen LogP contribution in [0.2, 0.25) is 0 Å². The summed E-state index contributed by atoms with van der Waals surface area (Å²) in [5.41, 5.74) is 0.357. The van der Waals surface area contributed by atoms with Gasteiger partial charge in [-0.3, -0.25) is 4.98 Å². The Kier molecular flexibility index (Phi) is 4.17. The van der Waals surface area contributed by atoms with E-state index in [4.69, 9.17) is 0 Å². The lowest BCUT2D eigenvalue weighted by atomic mass is 9.96. The number of alkyl halides is 3. The summed E-state index contributed by atoms with van der Waals surface area (Å²) in [5.74, 6) is 0. The molecule has 6 heteroatoms. The van der Waals surface area contributed by atoms with Gasteiger partial charge >= 0.3 is 6.18 Å². The maximum Gasteiger partial charge on any atom is 0.417 e. The molecular formula is C17H13F3N2S. The molecule has 0 unspecified atom stereocenters. The van der Waals surface area contributed by atoms with Gasteiger partial charge in [0.05, 0.1) is 5.56 Å². The quantitative estimate of drug-likeness (QED) is 0.630. The van der Waals surface area contributed by atoms with Gasteiger partial charge in [0, 0.05) is 35.3 Å². The SMILES string of the molecule is CSNc1ccc(-c2cncc3ccccc23)c(C(F)(F)F)c1. The van der Waals surface area contributed by atoms with Crippen molar-refractivity contribution in [3.8, 4) is 11.1 Å². The second kappa shape index (κ2) is 6.12. The van der Waals surface area contributed by atoms with Gasteiger partial charge in [0.1, 0.15) is 0 Å². The molecule has 1 aromatic heterocycles. The highest BCUT2D eigenvalue weighted by Gasteiger charge is 2.34. The predicted octanol–water partition coefficient (Wildman–Crippen LogP) is 5.61. The lowest BCUT2D eigenvalue weighted by molar-refractivity contribution is -0.137. The van der Waals surface area contributed by atoms with Crippen LogP contribution in [0.3, 0.4) is 0 Å². The maximum atomic E-state index is 13.5. The van der Waals surface area contributed by atoms with Crippen molar-refractivity contribution in [3.63, 3.8) is 0 Å². The molecule has 0 aliphatic heterocycles. The van der Waals surface area contributed by atoms with Crippen LogP contribution in [-0.4, -0.2) is 11.2 Å². The van der Waals surface area contributed by atoms with Gasteiger partial charge in [-0.05, 0) is 23.1 Å². The smallest absolute Gasteiger partial charge is 0.330 e. The van der Waals surface area contributed by atoms with Crippen LogP contribution in [0.5, 0.6) is 0 Å². The summed E-state index contributed by atoms with van der Waals surface area (Å²) in [6.07, 6.45) is 0.447. The number of hydrogen-bond acceptors (Lipinski definition) is 3. The van der Waals surface area contributed by atoms with E-state index in [1.54, 1.807) is 24.6 Å². The fourth-order valence-electron chi connectivity index (χ4n) is 2.53. The Morgan fingerprint density at radius 3 is 2.52 bits per heavy atom. The van der Waals surface area contributed by atoms with Crippen LogP contribution >= 0.6 is 11.9 Å². The van der Waals surface area contributed by atoms with Crippen molar-refractivity contribution in [2.45, 2.75) is 6.18 Å². The summed E-state index contributed by atoms with van der Waals surface area (Å²) in [6.45, 7) is 0. The van der Waals surface area contributed by atoms with Crippen LogP contribution in [-0.2, 0) is 6.18 Å². The molecule has 0 atom stereocenters. The van der Waals surface area contributed by atoms with Crippen LogP contribution in [0.4, 0.5) is 18.9 Å². The number of nitrogens with zero attached hydrogens (tertiary/aromatic N) is 1. The average molecular weight is 334 g/mol. The second-order valence-electron chi connectivity index (χ2n) is 4.97. The van der Waals surface area contributed by atoms with Crippen LogP contribution in [0.15, 0.2) is 54.9 Å². The van der Waals surface area contributed by atoms with E-state index in [0.29, 0.717) is 11.3 Å². The molecule has 0 spiro atoms. The normalized spacial score (nSPS) is 11.7. The van der Waals surface area contributed by atoms with E-state index in [0.717, 1.165) is 16.8 Å². The zero-order valence-corrected chi connectivity index (χ0v) is 13.0. The topological polar surface area (TPSA) is 24.9 Å². The van der Waals surface area contributed by atoms with Gasteiger partial charge in [-0.2, -0.15) is 13.2 Å². The number of nitrogens with one attached hydrogen (secondary N) is 1. The first-order valence-electron chi connectivity index (χ1n) is 6.84. The third-order valence-electron chi connectivity index (χ3n) is 3.50. The molecule has 1 heterocycles. The van der Waals surface area contributed by atoms with Gasteiger partial charge in [0.15, 0.2) is 0 Å². The molecule has 118 valence electrons. The van der Waals surface area contributed by atoms with Gasteiger partial charge in [-0.15, -0.1) is 0 Å². The molecule has 0 amide bonds. The first-order chi connectivity index (χ1) is 11.0. The van der Waals surface area contributed by atoms with Gasteiger partial charge in [-0.25, -0.2) is 0 Å². The molecule has 0 aliphatic carbocycles. The zero-order valence-electron chi connectivity index (χ0n) is 12.2. The number of rotatable bonds is 3. The number of anilines is 1. The van der Waals surface area contributed by atoms with Crippen LogP contribution < -0.4 is 4.72 Å². The summed E-state index contributed by atoms with van der Waals surface area (Å²) in [4.78, 5) is 4.08. The number of benzene rings is 2. The third kappa shape index (κ3) is 3.12. The fourth-order valence-corrected chi connectivity index (χ4v) is 2.89. The van der Waals surface area contributed by atoms with Crippen molar-refractivity contribution in [1.29, 1.82) is 0 Å². The summed E-state index contributed by atoms with van der Waals surface area (Å²) in [6, 6.07) is 11.6. The van der Waals surface area contributed by atoms with E-state index in [1.807, 2.05) is 18.2 Å². The van der Waals surface area contributed by atoms with Crippen molar-refractivity contribution in [1.82, 2.24) is 4.98 Å². The van der Waals surface area contributed by atoms with E-state index in [-0.39, 0.29) is 5.56 Å². The first kappa shape index (κ1) is 15.7. The lowest BCUT2D eigenvalue weighted by Gasteiger charge is -2.16. The van der Waals surface area contributed by atoms with Crippen LogP contribution in [0.25, 0.3) is 21.9 Å². The van der Waals surface area contributed by atoms with Crippen molar-refractivity contribution in [2.75, 3.05) is 11.0 Å². The van der Waals surface area contributed by atoms with Crippen molar-refractivity contribution in [2.24, 2.45) is 0 Å².